The van der Waals surface area contributed by atoms with E-state index >= 15 is 0 Å². The average Bonchev–Trinajstić information content (AvgIpc) is 3.06. The van der Waals surface area contributed by atoms with E-state index in [-0.39, 0.29) is 14.5 Å². The van der Waals surface area contributed by atoms with E-state index in [0.29, 0.717) is 0 Å². The molecule has 0 aliphatic carbocycles. The summed E-state index contributed by atoms with van der Waals surface area (Å²) in [7, 11) is 0. The molecular weight excluding hydrogens is 425 g/mol. The van der Waals surface area contributed by atoms with Crippen LogP contribution in [0.4, 0.5) is 0 Å². The van der Waals surface area contributed by atoms with Gasteiger partial charge in [0.25, 0.3) is 0 Å². The molecule has 3 heteroatoms. The number of aromatic nitrogens is 1. The van der Waals surface area contributed by atoms with Gasteiger partial charge in [0.15, 0.2) is 0 Å². The van der Waals surface area contributed by atoms with Crippen LogP contribution in [0, 0.1) is 0 Å². The fourth-order valence-electron chi connectivity index (χ4n) is 3.12. The second-order valence-electron chi connectivity index (χ2n) is 5.86. The summed E-state index contributed by atoms with van der Waals surface area (Å²) in [6, 6.07) is 26.0. The van der Waals surface area contributed by atoms with Gasteiger partial charge in [0.05, 0.1) is 0 Å². The van der Waals surface area contributed by atoms with E-state index in [2.05, 4.69) is 88.7 Å². The second kappa shape index (κ2) is 5.56. The zero-order valence-corrected chi connectivity index (χ0v) is 16.0. The van der Waals surface area contributed by atoms with Gasteiger partial charge in [-0.15, -0.1) is 0 Å². The molecule has 0 aliphatic heterocycles. The van der Waals surface area contributed by atoms with Crippen LogP contribution < -0.4 is 0 Å². The van der Waals surface area contributed by atoms with Crippen LogP contribution in [-0.2, 0) is 0 Å². The maximum absolute atomic E-state index is 4.94. The third-order valence-electron chi connectivity index (χ3n) is 4.33. The minimum absolute atomic E-state index is 0.234. The fourth-order valence-corrected chi connectivity index (χ4v) is 5.76. The van der Waals surface area contributed by atoms with E-state index in [4.69, 9.17) is 4.98 Å². The van der Waals surface area contributed by atoms with Gasteiger partial charge in [-0.25, -0.2) is 0 Å². The summed E-state index contributed by atoms with van der Waals surface area (Å²) in [6.45, 7) is 0. The number of fused-ring (bicyclic) bond motifs is 4. The molecule has 0 fully saturated rings. The third kappa shape index (κ3) is 2.32. The van der Waals surface area contributed by atoms with Crippen molar-refractivity contribution < 1.29 is 0 Å². The van der Waals surface area contributed by atoms with Crippen LogP contribution in [0.3, 0.4) is 0 Å². The Morgan fingerprint density at radius 3 is 2.46 bits per heavy atom. The Morgan fingerprint density at radius 1 is 0.750 bits per heavy atom. The normalized spacial score (nSPS) is 11.5. The summed E-state index contributed by atoms with van der Waals surface area (Å²) in [6.07, 6.45) is 0. The van der Waals surface area contributed by atoms with Crippen LogP contribution in [0.2, 0.25) is 0 Å². The van der Waals surface area contributed by atoms with Crippen molar-refractivity contribution in [2.45, 2.75) is 0 Å². The van der Waals surface area contributed by atoms with Gasteiger partial charge in [0.2, 0.25) is 0 Å². The second-order valence-corrected chi connectivity index (χ2v) is 8.87. The van der Waals surface area contributed by atoms with E-state index < -0.39 is 0 Å². The van der Waals surface area contributed by atoms with Crippen molar-refractivity contribution >= 4 is 61.8 Å². The van der Waals surface area contributed by atoms with Crippen molar-refractivity contribution in [1.29, 1.82) is 0 Å². The van der Waals surface area contributed by atoms with Gasteiger partial charge < -0.3 is 0 Å². The molecule has 1 aromatic heterocycles. The molecule has 0 saturated heterocycles. The standard InChI is InChI=1S/C21H12BrNSe/c22-17-9-7-14-8-10-19-20(18(14)12-17)24-21(23-19)16-6-5-13-3-1-2-4-15(13)11-16/h1-12H. The van der Waals surface area contributed by atoms with E-state index in [0.717, 1.165) is 9.99 Å². The molecule has 4 aromatic carbocycles. The maximum atomic E-state index is 4.94. The number of halogens is 1. The number of rotatable bonds is 1. The molecular formula is C21H12BrNSe. The van der Waals surface area contributed by atoms with Gasteiger partial charge >= 0.3 is 154 Å². The molecule has 114 valence electrons. The quantitative estimate of drug-likeness (QED) is 0.292. The van der Waals surface area contributed by atoms with Crippen molar-refractivity contribution in [2.24, 2.45) is 0 Å². The van der Waals surface area contributed by atoms with Crippen LogP contribution in [0.5, 0.6) is 0 Å². The number of nitrogens with zero attached hydrogens (tertiary/aromatic N) is 1. The van der Waals surface area contributed by atoms with Crippen molar-refractivity contribution in [2.75, 3.05) is 0 Å². The Labute approximate surface area is 153 Å². The summed E-state index contributed by atoms with van der Waals surface area (Å²) in [5.41, 5.74) is 2.37. The summed E-state index contributed by atoms with van der Waals surface area (Å²) < 4.78 is 3.73. The van der Waals surface area contributed by atoms with Gasteiger partial charge in [0, 0.05) is 0 Å². The molecule has 1 heterocycles. The molecule has 0 N–H and O–H groups in total. The average molecular weight is 437 g/mol. The molecule has 0 bridgehead atoms. The van der Waals surface area contributed by atoms with E-state index in [9.17, 15) is 0 Å². The molecule has 0 aliphatic rings. The topological polar surface area (TPSA) is 12.9 Å². The van der Waals surface area contributed by atoms with E-state index in [1.54, 1.807) is 0 Å². The summed E-state index contributed by atoms with van der Waals surface area (Å²) in [5, 5.41) is 5.16. The van der Waals surface area contributed by atoms with Gasteiger partial charge in [0.1, 0.15) is 0 Å². The molecule has 0 amide bonds. The molecule has 0 saturated carbocycles. The van der Waals surface area contributed by atoms with Gasteiger partial charge in [-0.3, -0.25) is 0 Å². The van der Waals surface area contributed by atoms with Gasteiger partial charge in [-0.1, -0.05) is 0 Å². The zero-order chi connectivity index (χ0) is 16.1. The summed E-state index contributed by atoms with van der Waals surface area (Å²) in [5.74, 6) is 0. The molecule has 0 spiro atoms. The van der Waals surface area contributed by atoms with Crippen molar-refractivity contribution in [3.05, 3.63) is 77.3 Å². The first-order chi connectivity index (χ1) is 11.8. The Hall–Kier alpha value is -1.93. The molecule has 0 radical (unpaired) electrons. The van der Waals surface area contributed by atoms with Crippen molar-refractivity contribution in [1.82, 2.24) is 4.98 Å². The molecule has 1 nitrogen and oxygen atoms in total. The Morgan fingerprint density at radius 2 is 1.54 bits per heavy atom. The van der Waals surface area contributed by atoms with Crippen LogP contribution in [0.1, 0.15) is 0 Å². The van der Waals surface area contributed by atoms with Crippen molar-refractivity contribution in [3.8, 4) is 10.1 Å². The van der Waals surface area contributed by atoms with E-state index in [1.165, 1.54) is 35.9 Å². The number of hydrogen-bond donors (Lipinski definition) is 0. The predicted octanol–water partition coefficient (Wildman–Crippen LogP) is 6.03. The molecule has 0 unspecified atom stereocenters. The van der Waals surface area contributed by atoms with Crippen molar-refractivity contribution in [3.63, 3.8) is 0 Å². The molecule has 0 atom stereocenters. The fraction of sp³-hybridized carbons (Fsp3) is 0. The monoisotopic (exact) mass is 437 g/mol. The SMILES string of the molecule is Brc1ccc2ccc3nc(-c4ccc5ccccc5c4)[se]c3c2c1. The summed E-state index contributed by atoms with van der Waals surface area (Å²) in [4.78, 5) is 4.94. The first-order valence-corrected chi connectivity index (χ1v) is 10.3. The molecule has 5 aromatic rings. The Balaban J connectivity index is 1.76. The van der Waals surface area contributed by atoms with Gasteiger partial charge in [-0.05, 0) is 0 Å². The number of hydrogen-bond acceptors (Lipinski definition) is 1. The Bertz CT molecular complexity index is 1220. The van der Waals surface area contributed by atoms with E-state index in [1.807, 2.05) is 0 Å². The van der Waals surface area contributed by atoms with Crippen LogP contribution >= 0.6 is 15.9 Å². The Kier molecular flexibility index (Phi) is 3.34. The van der Waals surface area contributed by atoms with Crippen LogP contribution in [0.25, 0.3) is 41.5 Å². The first kappa shape index (κ1) is 14.4. The zero-order valence-electron chi connectivity index (χ0n) is 12.7. The summed E-state index contributed by atoms with van der Waals surface area (Å²) >= 11 is 3.83. The predicted molar refractivity (Wildman–Crippen MR) is 107 cm³/mol. The molecule has 24 heavy (non-hydrogen) atoms. The number of benzene rings is 4. The van der Waals surface area contributed by atoms with Crippen LogP contribution in [0.15, 0.2) is 77.3 Å². The third-order valence-corrected chi connectivity index (χ3v) is 7.24. The van der Waals surface area contributed by atoms with Gasteiger partial charge in [-0.2, -0.15) is 0 Å². The molecule has 5 rings (SSSR count). The van der Waals surface area contributed by atoms with Crippen LogP contribution in [-0.4, -0.2) is 19.5 Å². The first-order valence-electron chi connectivity index (χ1n) is 7.76. The minimum atomic E-state index is 0.234.